The van der Waals surface area contributed by atoms with Crippen LogP contribution in [0.5, 0.6) is 0 Å². The van der Waals surface area contributed by atoms with E-state index in [4.69, 9.17) is 28.7 Å². The van der Waals surface area contributed by atoms with E-state index < -0.39 is 140 Å². The molecule has 0 aromatic carbocycles. The van der Waals surface area contributed by atoms with Gasteiger partial charge in [-0.3, -0.25) is 0 Å². The Kier molecular flexibility index (Phi) is 13.7. The van der Waals surface area contributed by atoms with E-state index in [0.717, 1.165) is 6.92 Å². The van der Waals surface area contributed by atoms with E-state index in [1.165, 1.54) is 0 Å². The van der Waals surface area contributed by atoms with Crippen molar-refractivity contribution in [2.24, 2.45) is 0 Å². The molecular weight excluding hydrogens is 688 g/mol. The van der Waals surface area contributed by atoms with Gasteiger partial charge in [-0.15, -0.1) is 0 Å². The van der Waals surface area contributed by atoms with Gasteiger partial charge >= 0.3 is 23.9 Å². The highest BCUT2D eigenvalue weighted by Gasteiger charge is 2.56. The first-order chi connectivity index (χ1) is 22.7. The summed E-state index contributed by atoms with van der Waals surface area (Å²) in [5, 5.41) is 140. The maximum Gasteiger partial charge on any atom is 0.339 e. The number of aliphatic hydroxyl groups excluding tert-OH is 10. The molecule has 3 rings (SSSR count). The Bertz CT molecular complexity index is 1170. The molecule has 19 atom stereocenters. The van der Waals surface area contributed by atoms with Crippen LogP contribution in [0, 0.1) is 0 Å². The molecule has 25 heteroatoms. The summed E-state index contributed by atoms with van der Waals surface area (Å²) in [5.74, 6) is -7.89. The second-order valence-electron chi connectivity index (χ2n) is 11.1. The summed E-state index contributed by atoms with van der Waals surface area (Å²) >= 11 is 0. The van der Waals surface area contributed by atoms with Gasteiger partial charge in [0.15, 0.2) is 43.3 Å². The van der Waals surface area contributed by atoms with Crippen molar-refractivity contribution < 1.29 is 124 Å². The van der Waals surface area contributed by atoms with Crippen LogP contribution in [0.2, 0.25) is 0 Å². The highest BCUT2D eigenvalue weighted by atomic mass is 17.2. The van der Waals surface area contributed by atoms with Gasteiger partial charge in [-0.05, 0) is 6.92 Å². The van der Waals surface area contributed by atoms with Crippen LogP contribution in [0.1, 0.15) is 6.92 Å². The first-order valence-electron chi connectivity index (χ1n) is 14.0. The Morgan fingerprint density at radius 1 is 0.592 bits per heavy atom. The lowest BCUT2D eigenvalue weighted by Gasteiger charge is -2.44. The fourth-order valence-electron chi connectivity index (χ4n) is 4.90. The topological polar surface area (TPSA) is 416 Å². The molecule has 282 valence electrons. The summed E-state index contributed by atoms with van der Waals surface area (Å²) in [4.78, 5) is 56.8. The molecule has 0 aromatic rings. The van der Waals surface area contributed by atoms with Crippen LogP contribution >= 0.6 is 0 Å². The van der Waals surface area contributed by atoms with Gasteiger partial charge in [0, 0.05) is 0 Å². The molecule has 3 aliphatic heterocycles. The van der Waals surface area contributed by atoms with E-state index in [2.05, 4.69) is 4.74 Å². The summed E-state index contributed by atoms with van der Waals surface area (Å²) in [6, 6.07) is 0. The summed E-state index contributed by atoms with van der Waals surface area (Å²) in [6.45, 7) is 0.899. The standard InChI is InChI=1S/C24H36O25/c1-2(25)3(26)11(44-23-9(32)4(27)5(28)14(46-23)18(34)35)17(21(40)41)49-48-13-7(30)10(33)24(47-16(13)20(38)39)45-12-6(29)8(31)22(42)43-15(12)19(36)37/h2-17,22-33,42H,1H3,(H,34,35)(H,36,37)(H,38,39)(H,40,41)/t2?,3?,4?,5?,6?,7?,8?,9?,10?,11?,12?,13?,14?,15-,16?,17-,22+,23?,24?/m1/s1. The number of carboxylic acids is 4. The number of aliphatic hydroxyl groups is 10. The van der Waals surface area contributed by atoms with Crippen molar-refractivity contribution in [1.29, 1.82) is 0 Å². The Morgan fingerprint density at radius 3 is 1.59 bits per heavy atom. The molecule has 3 saturated heterocycles. The minimum atomic E-state index is -2.71. The van der Waals surface area contributed by atoms with E-state index in [0.29, 0.717) is 0 Å². The van der Waals surface area contributed by atoms with Gasteiger partial charge in [-0.2, -0.15) is 0 Å². The van der Waals surface area contributed by atoms with Gasteiger partial charge in [0.25, 0.3) is 0 Å². The zero-order chi connectivity index (χ0) is 37.2. The van der Waals surface area contributed by atoms with E-state index in [-0.39, 0.29) is 0 Å². The smallest absolute Gasteiger partial charge is 0.339 e. The molecule has 49 heavy (non-hydrogen) atoms. The van der Waals surface area contributed by atoms with Crippen LogP contribution < -0.4 is 0 Å². The Labute approximate surface area is 272 Å². The van der Waals surface area contributed by atoms with Crippen LogP contribution in [0.25, 0.3) is 0 Å². The SMILES string of the molecule is CC(O)C(O)C(OC1OC(C(=O)O)C(O)C(O)C1O)[C@@H](OOC1C(C(=O)O)OC(OC2C(O)C(O)[C@@H](O)O[C@H]2C(=O)O)C(O)C1O)C(=O)O. The first kappa shape index (κ1) is 40.6. The molecule has 0 amide bonds. The van der Waals surface area contributed by atoms with Crippen molar-refractivity contribution in [2.45, 2.75) is 123 Å². The zero-order valence-electron chi connectivity index (χ0n) is 24.7. The summed E-state index contributed by atoms with van der Waals surface area (Å²) in [5.41, 5.74) is 0. The van der Waals surface area contributed by atoms with Crippen molar-refractivity contribution in [1.82, 2.24) is 0 Å². The van der Waals surface area contributed by atoms with Crippen LogP contribution in [-0.2, 0) is 52.6 Å². The Balaban J connectivity index is 1.84. The average molecular weight is 725 g/mol. The molecule has 14 N–H and O–H groups in total. The second-order valence-corrected chi connectivity index (χ2v) is 11.1. The van der Waals surface area contributed by atoms with Gasteiger partial charge in [0.1, 0.15) is 61.0 Å². The van der Waals surface area contributed by atoms with Gasteiger partial charge < -0.3 is 95.2 Å². The summed E-state index contributed by atoms with van der Waals surface area (Å²) in [7, 11) is 0. The molecule has 3 aliphatic rings. The molecule has 0 spiro atoms. The van der Waals surface area contributed by atoms with E-state index in [1.807, 2.05) is 0 Å². The minimum absolute atomic E-state index is 0.899. The van der Waals surface area contributed by atoms with Gasteiger partial charge in [-0.1, -0.05) is 0 Å². The van der Waals surface area contributed by atoms with Crippen LogP contribution in [0.4, 0.5) is 0 Å². The molecule has 3 heterocycles. The maximum absolute atomic E-state index is 12.2. The third-order valence-electron chi connectivity index (χ3n) is 7.63. The summed E-state index contributed by atoms with van der Waals surface area (Å²) in [6.07, 6.45) is -44.0. The van der Waals surface area contributed by atoms with Crippen molar-refractivity contribution in [3.05, 3.63) is 0 Å². The molecule has 16 unspecified atom stereocenters. The average Bonchev–Trinajstić information content (AvgIpc) is 3.02. The molecule has 25 nitrogen and oxygen atoms in total. The predicted molar refractivity (Wildman–Crippen MR) is 138 cm³/mol. The van der Waals surface area contributed by atoms with Crippen LogP contribution in [-0.4, -0.2) is 212 Å². The largest absolute Gasteiger partial charge is 0.479 e. The van der Waals surface area contributed by atoms with Crippen molar-refractivity contribution >= 4 is 23.9 Å². The minimum Gasteiger partial charge on any atom is -0.479 e. The van der Waals surface area contributed by atoms with Gasteiger partial charge in [-0.25, -0.2) is 29.0 Å². The predicted octanol–water partition coefficient (Wildman–Crippen LogP) is -8.78. The first-order valence-corrected chi connectivity index (χ1v) is 14.0. The zero-order valence-corrected chi connectivity index (χ0v) is 24.7. The Hall–Kier alpha value is -2.80. The number of rotatable bonds is 14. The molecule has 0 bridgehead atoms. The molecule has 3 fully saturated rings. The van der Waals surface area contributed by atoms with Crippen molar-refractivity contribution in [3.8, 4) is 0 Å². The number of carboxylic acid groups (broad SMARTS) is 4. The molecule has 0 radical (unpaired) electrons. The molecule has 0 aromatic heterocycles. The number of hydrogen-bond acceptors (Lipinski definition) is 21. The third-order valence-corrected chi connectivity index (χ3v) is 7.63. The number of ether oxygens (including phenoxy) is 5. The number of carbonyl (C=O) groups is 4. The lowest BCUT2D eigenvalue weighted by atomic mass is 9.96. The van der Waals surface area contributed by atoms with E-state index in [9.17, 15) is 90.7 Å². The highest BCUT2D eigenvalue weighted by Crippen LogP contribution is 2.31. The fourth-order valence-corrected chi connectivity index (χ4v) is 4.90. The molecular formula is C24H36O25. The van der Waals surface area contributed by atoms with Gasteiger partial charge in [0.2, 0.25) is 6.10 Å². The maximum atomic E-state index is 12.2. The lowest BCUT2D eigenvalue weighted by Crippen LogP contribution is -2.66. The third kappa shape index (κ3) is 8.75. The normalized spacial score (nSPS) is 42.4. The summed E-state index contributed by atoms with van der Waals surface area (Å²) < 4.78 is 24.9. The molecule has 0 saturated carbocycles. The quantitative estimate of drug-likeness (QED) is 0.0584. The van der Waals surface area contributed by atoms with E-state index >= 15 is 0 Å². The molecule has 0 aliphatic carbocycles. The number of hydrogen-bond donors (Lipinski definition) is 14. The monoisotopic (exact) mass is 724 g/mol. The second kappa shape index (κ2) is 16.5. The lowest BCUT2D eigenvalue weighted by molar-refractivity contribution is -0.421. The highest BCUT2D eigenvalue weighted by molar-refractivity contribution is 5.75. The van der Waals surface area contributed by atoms with Crippen molar-refractivity contribution in [3.63, 3.8) is 0 Å². The fraction of sp³-hybridized carbons (Fsp3) is 0.833. The van der Waals surface area contributed by atoms with E-state index in [1.54, 1.807) is 0 Å². The van der Waals surface area contributed by atoms with Crippen LogP contribution in [0.3, 0.4) is 0 Å². The van der Waals surface area contributed by atoms with Crippen LogP contribution in [0.15, 0.2) is 0 Å². The Morgan fingerprint density at radius 2 is 1.08 bits per heavy atom. The number of aliphatic carboxylic acids is 4. The van der Waals surface area contributed by atoms with Gasteiger partial charge in [0.05, 0.1) is 6.10 Å². The van der Waals surface area contributed by atoms with Crippen molar-refractivity contribution in [2.75, 3.05) is 0 Å².